The second-order valence-electron chi connectivity index (χ2n) is 6.54. The molecule has 28 heavy (non-hydrogen) atoms. The van der Waals surface area contributed by atoms with Crippen LogP contribution in [0.15, 0.2) is 42.5 Å². The molecule has 3 nitrogen and oxygen atoms in total. The van der Waals surface area contributed by atoms with Gasteiger partial charge in [0.2, 0.25) is 0 Å². The molecule has 0 saturated carbocycles. The van der Waals surface area contributed by atoms with E-state index >= 15 is 0 Å². The fourth-order valence-corrected chi connectivity index (χ4v) is 3.11. The minimum Gasteiger partial charge on any atom is -0.349 e. The zero-order valence-electron chi connectivity index (χ0n) is 15.0. The summed E-state index contributed by atoms with van der Waals surface area (Å²) in [6, 6.07) is 8.51. The first-order valence-corrected chi connectivity index (χ1v) is 8.82. The summed E-state index contributed by atoms with van der Waals surface area (Å²) in [6.45, 7) is 2.49. The average Bonchev–Trinajstić information content (AvgIpc) is 2.68. The zero-order valence-corrected chi connectivity index (χ0v) is 15.0. The molecule has 3 rings (SSSR count). The average molecular weight is 401 g/mol. The van der Waals surface area contributed by atoms with Gasteiger partial charge in [0, 0.05) is 17.7 Å². The van der Waals surface area contributed by atoms with E-state index in [-0.39, 0.29) is 11.4 Å². The van der Waals surface area contributed by atoms with E-state index in [0.29, 0.717) is 13.2 Å². The van der Waals surface area contributed by atoms with Crippen LogP contribution in [0.5, 0.6) is 0 Å². The van der Waals surface area contributed by atoms with Crippen LogP contribution >= 0.6 is 0 Å². The SMILES string of the molecule is CC(O[C@H]1OCCN[C@H]1c1ccc(F)cc1)c1cc(C(F)F)cc(C(F)F)c1. The smallest absolute Gasteiger partial charge is 0.263 e. The quantitative estimate of drug-likeness (QED) is 0.652. The normalized spacial score (nSPS) is 21.3. The summed E-state index contributed by atoms with van der Waals surface area (Å²) >= 11 is 0. The number of morpholine rings is 1. The fraction of sp³-hybridized carbons (Fsp3) is 0.400. The Bertz CT molecular complexity index is 758. The molecule has 0 radical (unpaired) electrons. The van der Waals surface area contributed by atoms with E-state index in [1.807, 2.05) is 0 Å². The van der Waals surface area contributed by atoms with Crippen molar-refractivity contribution in [3.63, 3.8) is 0 Å². The molecule has 2 aromatic rings. The highest BCUT2D eigenvalue weighted by Gasteiger charge is 2.30. The molecule has 0 aromatic heterocycles. The molecule has 0 amide bonds. The Morgan fingerprint density at radius 2 is 1.54 bits per heavy atom. The number of halogens is 5. The molecule has 1 saturated heterocycles. The number of ether oxygens (including phenoxy) is 2. The van der Waals surface area contributed by atoms with Gasteiger partial charge >= 0.3 is 0 Å². The molecule has 0 aliphatic carbocycles. The van der Waals surface area contributed by atoms with Crippen LogP contribution in [-0.2, 0) is 9.47 Å². The maximum Gasteiger partial charge on any atom is 0.263 e. The van der Waals surface area contributed by atoms with Gasteiger partial charge in [-0.1, -0.05) is 12.1 Å². The van der Waals surface area contributed by atoms with Crippen molar-refractivity contribution in [3.8, 4) is 0 Å². The van der Waals surface area contributed by atoms with Crippen LogP contribution in [-0.4, -0.2) is 19.4 Å². The summed E-state index contributed by atoms with van der Waals surface area (Å²) in [5, 5.41) is 3.21. The molecule has 0 bridgehead atoms. The Kier molecular flexibility index (Phi) is 6.64. The third-order valence-electron chi connectivity index (χ3n) is 4.56. The van der Waals surface area contributed by atoms with Gasteiger partial charge in [0.1, 0.15) is 5.82 Å². The van der Waals surface area contributed by atoms with Crippen LogP contribution in [0, 0.1) is 5.82 Å². The van der Waals surface area contributed by atoms with Crippen LogP contribution < -0.4 is 5.32 Å². The number of alkyl halides is 4. The molecule has 1 aliphatic rings. The Morgan fingerprint density at radius 3 is 2.11 bits per heavy atom. The van der Waals surface area contributed by atoms with Crippen LogP contribution in [0.1, 0.15) is 54.2 Å². The van der Waals surface area contributed by atoms with Crippen molar-refractivity contribution < 1.29 is 31.4 Å². The van der Waals surface area contributed by atoms with Gasteiger partial charge in [-0.3, -0.25) is 0 Å². The fourth-order valence-electron chi connectivity index (χ4n) is 3.11. The summed E-state index contributed by atoms with van der Waals surface area (Å²) in [6.07, 6.45) is -7.31. The first-order chi connectivity index (χ1) is 13.3. The monoisotopic (exact) mass is 401 g/mol. The predicted octanol–water partition coefficient (Wildman–Crippen LogP) is 5.47. The molecular formula is C20H20F5NO2. The number of hydrogen-bond acceptors (Lipinski definition) is 3. The van der Waals surface area contributed by atoms with Gasteiger partial charge in [0.15, 0.2) is 6.29 Å². The molecule has 2 aromatic carbocycles. The number of nitrogens with one attached hydrogen (secondary N) is 1. The number of benzene rings is 2. The number of rotatable bonds is 6. The highest BCUT2D eigenvalue weighted by atomic mass is 19.3. The van der Waals surface area contributed by atoms with E-state index in [4.69, 9.17) is 9.47 Å². The highest BCUT2D eigenvalue weighted by molar-refractivity contribution is 5.33. The van der Waals surface area contributed by atoms with Crippen molar-refractivity contribution in [2.45, 2.75) is 38.2 Å². The summed E-state index contributed by atoms with van der Waals surface area (Å²) in [5.41, 5.74) is -0.0323. The topological polar surface area (TPSA) is 30.5 Å². The number of hydrogen-bond donors (Lipinski definition) is 1. The molecule has 3 atom stereocenters. The standard InChI is InChI=1S/C20H20F5NO2/c1-11(13-8-14(18(22)23)10-15(9-13)19(24)25)28-20-17(26-6-7-27-20)12-2-4-16(21)5-3-12/h2-5,8-11,17-20,26H,6-7H2,1H3/t11?,17-,20+/m0/s1. The van der Waals surface area contributed by atoms with Gasteiger partial charge < -0.3 is 14.8 Å². The summed E-state index contributed by atoms with van der Waals surface area (Å²) < 4.78 is 77.0. The molecule has 1 aliphatic heterocycles. The van der Waals surface area contributed by atoms with Crippen molar-refractivity contribution in [2.75, 3.05) is 13.2 Å². The van der Waals surface area contributed by atoms with Gasteiger partial charge in [0.25, 0.3) is 12.9 Å². The Morgan fingerprint density at radius 1 is 0.964 bits per heavy atom. The van der Waals surface area contributed by atoms with Gasteiger partial charge in [-0.25, -0.2) is 22.0 Å². The van der Waals surface area contributed by atoms with Crippen molar-refractivity contribution in [2.24, 2.45) is 0 Å². The molecule has 1 N–H and O–H groups in total. The van der Waals surface area contributed by atoms with E-state index in [0.717, 1.165) is 23.8 Å². The molecule has 8 heteroatoms. The van der Waals surface area contributed by atoms with E-state index in [1.54, 1.807) is 19.1 Å². The minimum absolute atomic E-state index is 0.208. The van der Waals surface area contributed by atoms with Gasteiger partial charge in [-0.15, -0.1) is 0 Å². The summed E-state index contributed by atoms with van der Waals surface area (Å²) in [4.78, 5) is 0. The lowest BCUT2D eigenvalue weighted by atomic mass is 10.0. The lowest BCUT2D eigenvalue weighted by Gasteiger charge is -2.34. The summed E-state index contributed by atoms with van der Waals surface area (Å²) in [5.74, 6) is -0.380. The second-order valence-corrected chi connectivity index (χ2v) is 6.54. The molecule has 1 unspecified atom stereocenters. The largest absolute Gasteiger partial charge is 0.349 e. The van der Waals surface area contributed by atoms with E-state index in [1.165, 1.54) is 12.1 Å². The maximum atomic E-state index is 13.2. The Balaban J connectivity index is 1.82. The van der Waals surface area contributed by atoms with E-state index in [9.17, 15) is 22.0 Å². The van der Waals surface area contributed by atoms with Crippen LogP contribution in [0.25, 0.3) is 0 Å². The summed E-state index contributed by atoms with van der Waals surface area (Å²) in [7, 11) is 0. The van der Waals surface area contributed by atoms with Gasteiger partial charge in [0.05, 0.1) is 18.8 Å². The van der Waals surface area contributed by atoms with Crippen LogP contribution in [0.4, 0.5) is 22.0 Å². The maximum absolute atomic E-state index is 13.2. The molecular weight excluding hydrogens is 381 g/mol. The first kappa shape index (κ1) is 20.7. The molecule has 1 heterocycles. The Labute approximate surface area is 159 Å². The van der Waals surface area contributed by atoms with Crippen molar-refractivity contribution in [1.82, 2.24) is 5.32 Å². The molecule has 152 valence electrons. The molecule has 1 fully saturated rings. The third-order valence-corrected chi connectivity index (χ3v) is 4.56. The van der Waals surface area contributed by atoms with Crippen molar-refractivity contribution in [3.05, 3.63) is 70.5 Å². The zero-order chi connectivity index (χ0) is 20.3. The van der Waals surface area contributed by atoms with E-state index in [2.05, 4.69) is 5.32 Å². The van der Waals surface area contributed by atoms with Crippen molar-refractivity contribution in [1.29, 1.82) is 0 Å². The highest BCUT2D eigenvalue weighted by Crippen LogP contribution is 2.33. The van der Waals surface area contributed by atoms with E-state index < -0.39 is 42.4 Å². The van der Waals surface area contributed by atoms with Crippen molar-refractivity contribution >= 4 is 0 Å². The molecule has 0 spiro atoms. The van der Waals surface area contributed by atoms with Crippen LogP contribution in [0.3, 0.4) is 0 Å². The third kappa shape index (κ3) is 4.87. The predicted molar refractivity (Wildman–Crippen MR) is 92.7 cm³/mol. The lowest BCUT2D eigenvalue weighted by molar-refractivity contribution is -0.200. The van der Waals surface area contributed by atoms with Gasteiger partial charge in [-0.2, -0.15) is 0 Å². The Hall–Kier alpha value is -2.03. The first-order valence-electron chi connectivity index (χ1n) is 8.82. The van der Waals surface area contributed by atoms with Gasteiger partial charge in [-0.05, 0) is 48.4 Å². The second kappa shape index (κ2) is 8.98. The van der Waals surface area contributed by atoms with Crippen LogP contribution in [0.2, 0.25) is 0 Å². The minimum atomic E-state index is -2.87. The lowest BCUT2D eigenvalue weighted by Crippen LogP contribution is -2.43.